The van der Waals surface area contributed by atoms with Crippen LogP contribution in [0.3, 0.4) is 0 Å². The molecule has 0 bridgehead atoms. The molecule has 0 aliphatic carbocycles. The van der Waals surface area contributed by atoms with E-state index >= 15 is 0 Å². The van der Waals surface area contributed by atoms with Crippen LogP contribution in [0.15, 0.2) is 12.2 Å². The van der Waals surface area contributed by atoms with E-state index in [1.165, 1.54) is 6.92 Å². The van der Waals surface area contributed by atoms with Gasteiger partial charge in [-0.15, -0.1) is 0 Å². The topological polar surface area (TPSA) is 66.4 Å². The smallest absolute Gasteiger partial charge is 0.326 e. The number of nitrogens with one attached hydrogen (secondary N) is 1. The molecule has 0 heterocycles. The third kappa shape index (κ3) is 4.49. The van der Waals surface area contributed by atoms with Crippen LogP contribution in [-0.2, 0) is 9.59 Å². The fourth-order valence-corrected chi connectivity index (χ4v) is 0.739. The molecule has 0 fully saturated rings. The molecule has 12 heavy (non-hydrogen) atoms. The van der Waals surface area contributed by atoms with Crippen molar-refractivity contribution >= 4 is 11.9 Å². The van der Waals surface area contributed by atoms with Gasteiger partial charge in [0.05, 0.1) is 0 Å². The van der Waals surface area contributed by atoms with Gasteiger partial charge in [0.1, 0.15) is 6.04 Å². The molecular weight excluding hydrogens is 158 g/mol. The number of hydrogen-bond acceptors (Lipinski definition) is 2. The molecule has 0 aromatic heterocycles. The SMILES string of the molecule is CC=CCC(NC(C)=O)C(=O)O. The van der Waals surface area contributed by atoms with Gasteiger partial charge in [0.2, 0.25) is 5.91 Å². The summed E-state index contributed by atoms with van der Waals surface area (Å²) in [6, 6.07) is -0.807. The predicted molar refractivity (Wildman–Crippen MR) is 44.7 cm³/mol. The summed E-state index contributed by atoms with van der Waals surface area (Å²) in [5, 5.41) is 10.9. The van der Waals surface area contributed by atoms with Crippen molar-refractivity contribution in [3.05, 3.63) is 12.2 Å². The molecule has 1 atom stereocenters. The first-order valence-electron chi connectivity index (χ1n) is 3.69. The van der Waals surface area contributed by atoms with Crippen LogP contribution in [0.1, 0.15) is 20.3 Å². The lowest BCUT2D eigenvalue weighted by atomic mass is 10.2. The molecule has 4 heteroatoms. The average Bonchev–Trinajstić information content (AvgIpc) is 1.96. The fourth-order valence-electron chi connectivity index (χ4n) is 0.739. The lowest BCUT2D eigenvalue weighted by Gasteiger charge is -2.09. The minimum Gasteiger partial charge on any atom is -0.480 e. The number of aliphatic carboxylic acids is 1. The van der Waals surface area contributed by atoms with Crippen LogP contribution in [0.25, 0.3) is 0 Å². The van der Waals surface area contributed by atoms with E-state index in [9.17, 15) is 9.59 Å². The van der Waals surface area contributed by atoms with E-state index in [1.54, 1.807) is 19.1 Å². The number of carbonyl (C=O) groups is 2. The average molecular weight is 171 g/mol. The van der Waals surface area contributed by atoms with Gasteiger partial charge >= 0.3 is 5.97 Å². The number of carbonyl (C=O) groups excluding carboxylic acids is 1. The standard InChI is InChI=1S/C8H13NO3/c1-3-4-5-7(8(11)12)9-6(2)10/h3-4,7H,5H2,1-2H3,(H,9,10)(H,11,12). The summed E-state index contributed by atoms with van der Waals surface area (Å²) >= 11 is 0. The predicted octanol–water partition coefficient (Wildman–Crippen LogP) is 0.542. The number of rotatable bonds is 4. The molecule has 0 spiro atoms. The van der Waals surface area contributed by atoms with Crippen molar-refractivity contribution in [1.29, 1.82) is 0 Å². The Morgan fingerprint density at radius 3 is 2.50 bits per heavy atom. The molecule has 0 aliphatic rings. The van der Waals surface area contributed by atoms with Crippen molar-refractivity contribution < 1.29 is 14.7 Å². The second-order valence-corrected chi connectivity index (χ2v) is 2.40. The Labute approximate surface area is 71.3 Å². The van der Waals surface area contributed by atoms with Gasteiger partial charge in [0.15, 0.2) is 0 Å². The van der Waals surface area contributed by atoms with E-state index in [0.29, 0.717) is 6.42 Å². The molecule has 0 aromatic carbocycles. The van der Waals surface area contributed by atoms with Gasteiger partial charge in [0, 0.05) is 6.92 Å². The van der Waals surface area contributed by atoms with Crippen LogP contribution >= 0.6 is 0 Å². The van der Waals surface area contributed by atoms with Crippen molar-refractivity contribution in [3.63, 3.8) is 0 Å². The van der Waals surface area contributed by atoms with Gasteiger partial charge in [-0.25, -0.2) is 4.79 Å². The lowest BCUT2D eigenvalue weighted by Crippen LogP contribution is -2.39. The molecule has 68 valence electrons. The number of hydrogen-bond donors (Lipinski definition) is 2. The van der Waals surface area contributed by atoms with Crippen molar-refractivity contribution in [2.24, 2.45) is 0 Å². The molecule has 0 radical (unpaired) electrons. The summed E-state index contributed by atoms with van der Waals surface area (Å²) in [5.41, 5.74) is 0. The highest BCUT2D eigenvalue weighted by molar-refractivity contribution is 5.82. The molecule has 1 unspecified atom stereocenters. The second-order valence-electron chi connectivity index (χ2n) is 2.40. The maximum absolute atomic E-state index is 10.5. The van der Waals surface area contributed by atoms with Gasteiger partial charge in [0.25, 0.3) is 0 Å². The zero-order chi connectivity index (χ0) is 9.56. The third-order valence-corrected chi connectivity index (χ3v) is 1.28. The molecule has 0 saturated carbocycles. The molecule has 2 N–H and O–H groups in total. The first-order valence-corrected chi connectivity index (χ1v) is 3.69. The molecule has 0 aromatic rings. The van der Waals surface area contributed by atoms with E-state index in [4.69, 9.17) is 5.11 Å². The van der Waals surface area contributed by atoms with Crippen molar-refractivity contribution in [1.82, 2.24) is 5.32 Å². The van der Waals surface area contributed by atoms with Gasteiger partial charge in [-0.3, -0.25) is 4.79 Å². The Morgan fingerprint density at radius 1 is 1.58 bits per heavy atom. The largest absolute Gasteiger partial charge is 0.480 e. The van der Waals surface area contributed by atoms with Gasteiger partial charge in [-0.05, 0) is 13.3 Å². The van der Waals surface area contributed by atoms with E-state index in [1.807, 2.05) is 0 Å². The summed E-state index contributed by atoms with van der Waals surface area (Å²) in [7, 11) is 0. The number of allylic oxidation sites excluding steroid dienone is 1. The Balaban J connectivity index is 4.04. The third-order valence-electron chi connectivity index (χ3n) is 1.28. The van der Waals surface area contributed by atoms with Crippen LogP contribution in [0.5, 0.6) is 0 Å². The highest BCUT2D eigenvalue weighted by Gasteiger charge is 2.15. The van der Waals surface area contributed by atoms with Crippen LogP contribution in [0.4, 0.5) is 0 Å². The summed E-state index contributed by atoms with van der Waals surface area (Å²) in [4.78, 5) is 21.0. The van der Waals surface area contributed by atoms with Crippen LogP contribution in [0.2, 0.25) is 0 Å². The van der Waals surface area contributed by atoms with E-state index in [2.05, 4.69) is 5.32 Å². The number of carboxylic acid groups (broad SMARTS) is 1. The molecule has 0 aliphatic heterocycles. The monoisotopic (exact) mass is 171 g/mol. The number of amides is 1. The summed E-state index contributed by atoms with van der Waals surface area (Å²) < 4.78 is 0. The Morgan fingerprint density at radius 2 is 2.17 bits per heavy atom. The van der Waals surface area contributed by atoms with Crippen molar-refractivity contribution in [3.8, 4) is 0 Å². The van der Waals surface area contributed by atoms with E-state index < -0.39 is 12.0 Å². The van der Waals surface area contributed by atoms with Gasteiger partial charge in [-0.2, -0.15) is 0 Å². The van der Waals surface area contributed by atoms with Gasteiger partial charge < -0.3 is 10.4 Å². The van der Waals surface area contributed by atoms with E-state index in [-0.39, 0.29) is 5.91 Å². The van der Waals surface area contributed by atoms with Crippen molar-refractivity contribution in [2.45, 2.75) is 26.3 Å². The normalized spacial score (nSPS) is 12.8. The van der Waals surface area contributed by atoms with Gasteiger partial charge in [-0.1, -0.05) is 12.2 Å². The second kappa shape index (κ2) is 5.35. The zero-order valence-corrected chi connectivity index (χ0v) is 7.20. The minimum atomic E-state index is -1.01. The highest BCUT2D eigenvalue weighted by atomic mass is 16.4. The molecule has 4 nitrogen and oxygen atoms in total. The van der Waals surface area contributed by atoms with Crippen LogP contribution in [-0.4, -0.2) is 23.0 Å². The zero-order valence-electron chi connectivity index (χ0n) is 7.20. The maximum Gasteiger partial charge on any atom is 0.326 e. The quantitative estimate of drug-likeness (QED) is 0.607. The fraction of sp³-hybridized carbons (Fsp3) is 0.500. The molecule has 0 rings (SSSR count). The summed E-state index contributed by atoms with van der Waals surface area (Å²) in [5.74, 6) is -1.34. The Kier molecular flexibility index (Phi) is 4.76. The Bertz CT molecular complexity index is 198. The maximum atomic E-state index is 10.5. The van der Waals surface area contributed by atoms with Crippen molar-refractivity contribution in [2.75, 3.05) is 0 Å². The van der Waals surface area contributed by atoms with Crippen LogP contribution < -0.4 is 5.32 Å². The molecule has 1 amide bonds. The number of carboxylic acids is 1. The summed E-state index contributed by atoms with van der Waals surface area (Å²) in [6.45, 7) is 3.10. The molecular formula is C8H13NO3. The lowest BCUT2D eigenvalue weighted by molar-refractivity contribution is -0.141. The first kappa shape index (κ1) is 10.7. The summed E-state index contributed by atoms with van der Waals surface area (Å²) in [6.07, 6.45) is 3.78. The highest BCUT2D eigenvalue weighted by Crippen LogP contribution is 1.93. The minimum absolute atomic E-state index is 0.325. The van der Waals surface area contributed by atoms with E-state index in [0.717, 1.165) is 0 Å². The Hall–Kier alpha value is -1.32. The van der Waals surface area contributed by atoms with Crippen LogP contribution in [0, 0.1) is 0 Å². The first-order chi connectivity index (χ1) is 5.57. The molecule has 0 saturated heterocycles.